The minimum Gasteiger partial charge on any atom is -0.405 e. The minimum absolute atomic E-state index is 0.154. The quantitative estimate of drug-likeness (QED) is 0.201. The number of aliphatic hydroxyl groups is 4. The molecule has 1 aliphatic heterocycles. The first-order valence-corrected chi connectivity index (χ1v) is 9.68. The summed E-state index contributed by atoms with van der Waals surface area (Å²) < 4.78 is 21.1. The van der Waals surface area contributed by atoms with Gasteiger partial charge in [-0.2, -0.15) is 0 Å². The number of aliphatic hydroxyl groups excluding tert-OH is 2. The van der Waals surface area contributed by atoms with Gasteiger partial charge in [0.25, 0.3) is 5.56 Å². The number of ether oxygens (including phenoxy) is 2. The summed E-state index contributed by atoms with van der Waals surface area (Å²) in [5, 5.41) is 33.6. The topological polar surface area (TPSA) is 180 Å². The third kappa shape index (κ3) is 12.0. The zero-order valence-corrected chi connectivity index (χ0v) is 19.6. The molecule has 2 unspecified atom stereocenters. The number of carbonyl (C=O) groups excluding carboxylic acids is 1. The van der Waals surface area contributed by atoms with E-state index in [9.17, 15) is 24.2 Å². The summed E-state index contributed by atoms with van der Waals surface area (Å²) in [5.74, 6) is -3.74. The van der Waals surface area contributed by atoms with Crippen molar-refractivity contribution in [2.45, 2.75) is 58.3 Å². The molecule has 0 aromatic carbocycles. The fourth-order valence-electron chi connectivity index (χ4n) is 2.18. The van der Waals surface area contributed by atoms with Crippen molar-refractivity contribution in [3.05, 3.63) is 26.9 Å². The third-order valence-corrected chi connectivity index (χ3v) is 3.62. The lowest BCUT2D eigenvalue weighted by molar-refractivity contribution is -0.362. The molecular weight excluding hydrogens is 437 g/mol. The highest BCUT2D eigenvalue weighted by Gasteiger charge is 2.45. The second-order valence-corrected chi connectivity index (χ2v) is 6.07. The van der Waals surface area contributed by atoms with Crippen molar-refractivity contribution in [2.75, 3.05) is 27.9 Å². The van der Waals surface area contributed by atoms with Crippen LogP contribution < -0.4 is 11.3 Å². The molecule has 0 bridgehead atoms. The molecule has 31 heavy (non-hydrogen) atoms. The molecule has 184 valence electrons. The van der Waals surface area contributed by atoms with Crippen LogP contribution in [0.4, 0.5) is 4.39 Å². The monoisotopic (exact) mass is 473 g/mol. The Hall–Kier alpha value is -1.74. The Balaban J connectivity index is -0.000000765. The number of halogens is 1. The van der Waals surface area contributed by atoms with E-state index in [4.69, 9.17) is 32.9 Å². The van der Waals surface area contributed by atoms with Gasteiger partial charge in [0.05, 0.1) is 13.7 Å². The maximum absolute atomic E-state index is 11.5. The van der Waals surface area contributed by atoms with E-state index in [0.29, 0.717) is 19.2 Å². The number of esters is 1. The second kappa shape index (κ2) is 19.0. The van der Waals surface area contributed by atoms with Crippen molar-refractivity contribution in [2.24, 2.45) is 5.73 Å². The van der Waals surface area contributed by atoms with Gasteiger partial charge in [-0.25, -0.2) is 0 Å². The van der Waals surface area contributed by atoms with Crippen LogP contribution in [0.1, 0.15) is 44.9 Å². The van der Waals surface area contributed by atoms with Gasteiger partial charge in [-0.15, -0.1) is 0 Å². The van der Waals surface area contributed by atoms with E-state index < -0.39 is 30.8 Å². The van der Waals surface area contributed by atoms with Crippen LogP contribution in [-0.2, 0) is 14.3 Å². The largest absolute Gasteiger partial charge is 0.405 e. The molecule has 2 heterocycles. The maximum atomic E-state index is 11.5. The zero-order valence-electron chi connectivity index (χ0n) is 18.8. The molecule has 0 amide bonds. The van der Waals surface area contributed by atoms with E-state index in [2.05, 4.69) is 23.6 Å². The van der Waals surface area contributed by atoms with Gasteiger partial charge in [0.2, 0.25) is 0 Å². The molecule has 0 radical (unpaired) electrons. The van der Waals surface area contributed by atoms with Crippen LogP contribution in [0, 0.1) is 11.7 Å². The molecule has 0 spiro atoms. The molecule has 13 heteroatoms. The Morgan fingerprint density at radius 2 is 1.81 bits per heavy atom. The van der Waals surface area contributed by atoms with E-state index in [1.165, 1.54) is 17.2 Å². The van der Waals surface area contributed by atoms with E-state index in [-0.39, 0.29) is 16.8 Å². The molecule has 1 aromatic heterocycles. The van der Waals surface area contributed by atoms with Crippen molar-refractivity contribution < 1.29 is 39.1 Å². The third-order valence-electron chi connectivity index (χ3n) is 3.30. The molecule has 0 aliphatic carbocycles. The molecule has 2 atom stereocenters. The lowest BCUT2D eigenvalue weighted by atomic mass is 10.2. The van der Waals surface area contributed by atoms with Crippen LogP contribution in [0.15, 0.2) is 11.0 Å². The standard InChI is InChI=1S/C12H17N3O6S.C3H8.CH3F.2CH4O/c1-6-5-15(11(22)14-10(6)17)8-3-2-7(20-8)12(18,19)21-9(16)4-13;1-3-2;3*1-2/h5,7-8,18-19H,2-4,13H2,1H3,(H,14,17,22);3H2,1-2H3;1H3;2*2H,1H3. The molecule has 11 nitrogen and oxygen atoms in total. The number of aromatic amines is 1. The first-order chi connectivity index (χ1) is 14.7. The Kier molecular flexibility index (Phi) is 20.8. The fourth-order valence-corrected chi connectivity index (χ4v) is 2.44. The summed E-state index contributed by atoms with van der Waals surface area (Å²) in [7, 11) is 2.50. The first kappa shape index (κ1) is 33.9. The molecule has 7 N–H and O–H groups in total. The average Bonchev–Trinajstić information content (AvgIpc) is 3.26. The average molecular weight is 474 g/mol. The van der Waals surface area contributed by atoms with Crippen molar-refractivity contribution >= 4 is 18.2 Å². The lowest BCUT2D eigenvalue weighted by Crippen LogP contribution is -2.47. The number of nitrogens with one attached hydrogen (secondary N) is 1. The molecule has 1 fully saturated rings. The predicted octanol–water partition coefficient (Wildman–Crippen LogP) is 0.251. The van der Waals surface area contributed by atoms with E-state index in [1.54, 1.807) is 6.92 Å². The smallest absolute Gasteiger partial charge is 0.352 e. The molecule has 1 saturated heterocycles. The number of H-pyrrole nitrogens is 1. The Bertz CT molecular complexity index is 712. The summed E-state index contributed by atoms with van der Waals surface area (Å²) in [6, 6.07) is 0. The minimum atomic E-state index is -2.77. The van der Waals surface area contributed by atoms with Crippen LogP contribution in [0.25, 0.3) is 0 Å². The summed E-state index contributed by atoms with van der Waals surface area (Å²) in [6.45, 7) is 5.38. The van der Waals surface area contributed by atoms with E-state index in [1.807, 2.05) is 0 Å². The number of carbonyl (C=O) groups is 1. The molecule has 1 aromatic rings. The fraction of sp³-hybridized carbons (Fsp3) is 0.722. The Labute approximate surface area is 186 Å². The summed E-state index contributed by atoms with van der Waals surface area (Å²) in [4.78, 5) is 25.0. The predicted molar refractivity (Wildman–Crippen MR) is 115 cm³/mol. The van der Waals surface area contributed by atoms with Gasteiger partial charge in [0.15, 0.2) is 10.9 Å². The van der Waals surface area contributed by atoms with Crippen LogP contribution in [0.2, 0.25) is 0 Å². The van der Waals surface area contributed by atoms with Gasteiger partial charge in [-0.3, -0.25) is 23.5 Å². The zero-order chi connectivity index (χ0) is 25.2. The Morgan fingerprint density at radius 1 is 1.32 bits per heavy atom. The normalized spacial score (nSPS) is 16.6. The van der Waals surface area contributed by atoms with Gasteiger partial charge < -0.3 is 35.6 Å². The van der Waals surface area contributed by atoms with Crippen molar-refractivity contribution in [1.82, 2.24) is 9.55 Å². The molecule has 2 rings (SSSR count). The van der Waals surface area contributed by atoms with Gasteiger partial charge in [0, 0.05) is 26.0 Å². The molecule has 0 saturated carbocycles. The SMILES string of the molecule is CCC.CF.CO.CO.Cc1cn(C2CCC(C(O)(O)OC(=O)CN)O2)c(=S)[nH]c1=O. The number of rotatable bonds is 4. The van der Waals surface area contributed by atoms with Crippen molar-refractivity contribution in [1.29, 1.82) is 0 Å². The van der Waals surface area contributed by atoms with Gasteiger partial charge in [-0.1, -0.05) is 20.3 Å². The number of nitrogens with two attached hydrogens (primary N) is 1. The van der Waals surface area contributed by atoms with Crippen molar-refractivity contribution in [3.63, 3.8) is 0 Å². The number of hydrogen-bond acceptors (Lipinski definition) is 10. The van der Waals surface area contributed by atoms with Crippen LogP contribution in [0.5, 0.6) is 0 Å². The molecule has 1 aliphatic rings. The van der Waals surface area contributed by atoms with E-state index in [0.717, 1.165) is 14.2 Å². The van der Waals surface area contributed by atoms with E-state index >= 15 is 0 Å². The first-order valence-electron chi connectivity index (χ1n) is 9.27. The van der Waals surface area contributed by atoms with Gasteiger partial charge in [-0.05, 0) is 32.0 Å². The number of nitrogens with zero attached hydrogens (tertiary/aromatic N) is 1. The van der Waals surface area contributed by atoms with Gasteiger partial charge in [0.1, 0.15) is 6.23 Å². The highest BCUT2D eigenvalue weighted by Crippen LogP contribution is 2.33. The number of aryl methyl sites for hydroxylation is 1. The number of hydrogen-bond donors (Lipinski definition) is 6. The molecular formula is C18H36FN3O8S. The summed E-state index contributed by atoms with van der Waals surface area (Å²) >= 11 is 5.06. The lowest BCUT2D eigenvalue weighted by Gasteiger charge is -2.27. The van der Waals surface area contributed by atoms with Crippen LogP contribution in [0.3, 0.4) is 0 Å². The summed E-state index contributed by atoms with van der Waals surface area (Å²) in [6.07, 6.45) is 1.63. The maximum Gasteiger partial charge on any atom is 0.352 e. The van der Waals surface area contributed by atoms with Gasteiger partial charge >= 0.3 is 11.9 Å². The number of alkyl halides is 1. The second-order valence-electron chi connectivity index (χ2n) is 5.68. The van der Waals surface area contributed by atoms with Crippen molar-refractivity contribution in [3.8, 4) is 0 Å². The Morgan fingerprint density at radius 3 is 2.26 bits per heavy atom. The summed E-state index contributed by atoms with van der Waals surface area (Å²) in [5.41, 5.74) is 5.20. The highest BCUT2D eigenvalue weighted by atomic mass is 32.1. The van der Waals surface area contributed by atoms with Crippen LogP contribution in [-0.4, -0.2) is 76.0 Å². The number of aromatic nitrogens is 2. The van der Waals surface area contributed by atoms with Crippen LogP contribution >= 0.6 is 12.2 Å². The highest BCUT2D eigenvalue weighted by molar-refractivity contribution is 7.71.